The first kappa shape index (κ1) is 11.7. The maximum absolute atomic E-state index is 11.1. The number of hydrogen-bond donors (Lipinski definition) is 2. The summed E-state index contributed by atoms with van der Waals surface area (Å²) < 4.78 is 0. The van der Waals surface area contributed by atoms with E-state index in [2.05, 4.69) is 10.2 Å². The van der Waals surface area contributed by atoms with Crippen molar-refractivity contribution in [3.05, 3.63) is 52.4 Å². The average Bonchev–Trinajstić information content (AvgIpc) is 2.76. The number of H-pyrrole nitrogens is 1. The van der Waals surface area contributed by atoms with E-state index in [0.717, 1.165) is 11.1 Å². The molecule has 3 rings (SSSR count). The number of nitrogens with zero attached hydrogens (tertiary/aromatic N) is 1. The smallest absolute Gasteiger partial charge is 0.141 e. The molecule has 0 atom stereocenters. The Bertz CT molecular complexity index is 779. The van der Waals surface area contributed by atoms with Crippen LogP contribution in [0.2, 0.25) is 5.02 Å². The second-order valence-electron chi connectivity index (χ2n) is 4.22. The molecule has 1 aromatic heterocycles. The first-order chi connectivity index (χ1) is 9.20. The Kier molecular flexibility index (Phi) is 2.72. The van der Waals surface area contributed by atoms with Gasteiger partial charge >= 0.3 is 0 Å². The average molecular weight is 272 g/mol. The lowest BCUT2D eigenvalue weighted by Gasteiger charge is -2.02. The Morgan fingerprint density at radius 1 is 1.16 bits per heavy atom. The molecule has 0 fully saturated rings. The van der Waals surface area contributed by atoms with E-state index in [9.17, 15) is 4.91 Å². The fourth-order valence-electron chi connectivity index (χ4n) is 2.16. The van der Waals surface area contributed by atoms with Gasteiger partial charge in [-0.3, -0.25) is 0 Å². The number of hydrogen-bond acceptors (Lipinski definition) is 3. The van der Waals surface area contributed by atoms with Crippen LogP contribution in [0.4, 0.5) is 11.4 Å². The molecule has 0 spiro atoms. The number of fused-ring (bicyclic) bond motifs is 1. The zero-order chi connectivity index (χ0) is 13.4. The number of benzene rings is 2. The summed E-state index contributed by atoms with van der Waals surface area (Å²) in [4.78, 5) is 14.3. The predicted octanol–water partition coefficient (Wildman–Crippen LogP) is 4.47. The molecule has 1 heterocycles. The molecule has 2 aromatic carbocycles. The van der Waals surface area contributed by atoms with Gasteiger partial charge < -0.3 is 10.7 Å². The van der Waals surface area contributed by atoms with Gasteiger partial charge in [-0.25, -0.2) is 0 Å². The Morgan fingerprint density at radius 3 is 2.68 bits per heavy atom. The van der Waals surface area contributed by atoms with Gasteiger partial charge in [-0.15, -0.1) is 4.91 Å². The zero-order valence-corrected chi connectivity index (χ0v) is 10.6. The monoisotopic (exact) mass is 271 g/mol. The van der Waals surface area contributed by atoms with Crippen LogP contribution in [0.25, 0.3) is 22.2 Å². The molecule has 0 amide bonds. The standard InChI is InChI=1S/C14H10ClN3O/c15-8-5-6-12-10(7-8)14(18-19)13(17-12)9-3-1-2-4-11(9)16/h1-7,17H,16H2. The van der Waals surface area contributed by atoms with Crippen molar-refractivity contribution in [2.24, 2.45) is 5.18 Å². The van der Waals surface area contributed by atoms with Crippen LogP contribution in [0, 0.1) is 4.91 Å². The number of aromatic amines is 1. The summed E-state index contributed by atoms with van der Waals surface area (Å²) in [5, 5.41) is 4.38. The van der Waals surface area contributed by atoms with Crippen LogP contribution in [-0.4, -0.2) is 4.98 Å². The van der Waals surface area contributed by atoms with Crippen molar-refractivity contribution in [3.63, 3.8) is 0 Å². The minimum absolute atomic E-state index is 0.329. The number of nitrogens with one attached hydrogen (secondary N) is 1. The lowest BCUT2D eigenvalue weighted by atomic mass is 10.1. The topological polar surface area (TPSA) is 71.2 Å². The second-order valence-corrected chi connectivity index (χ2v) is 4.65. The first-order valence-electron chi connectivity index (χ1n) is 5.70. The van der Waals surface area contributed by atoms with E-state index in [1.54, 1.807) is 18.2 Å². The first-order valence-corrected chi connectivity index (χ1v) is 6.08. The highest BCUT2D eigenvalue weighted by Gasteiger charge is 2.15. The summed E-state index contributed by atoms with van der Waals surface area (Å²) in [6.45, 7) is 0. The van der Waals surface area contributed by atoms with Crippen LogP contribution < -0.4 is 5.73 Å². The molecule has 0 aliphatic rings. The van der Waals surface area contributed by atoms with Crippen LogP contribution in [0.1, 0.15) is 0 Å². The Morgan fingerprint density at radius 2 is 1.95 bits per heavy atom. The van der Waals surface area contributed by atoms with Gasteiger partial charge in [0.25, 0.3) is 0 Å². The van der Waals surface area contributed by atoms with Crippen LogP contribution in [-0.2, 0) is 0 Å². The van der Waals surface area contributed by atoms with Crippen LogP contribution in [0.3, 0.4) is 0 Å². The molecule has 4 nitrogen and oxygen atoms in total. The lowest BCUT2D eigenvalue weighted by molar-refractivity contribution is 1.42. The third-order valence-electron chi connectivity index (χ3n) is 3.05. The van der Waals surface area contributed by atoms with E-state index in [1.807, 2.05) is 24.3 Å². The normalized spacial score (nSPS) is 10.8. The van der Waals surface area contributed by atoms with Gasteiger partial charge in [0.1, 0.15) is 5.69 Å². The number of halogens is 1. The van der Waals surface area contributed by atoms with Crippen molar-refractivity contribution in [2.45, 2.75) is 0 Å². The molecule has 5 heteroatoms. The highest BCUT2D eigenvalue weighted by Crippen LogP contribution is 2.39. The molecule has 0 radical (unpaired) electrons. The van der Waals surface area contributed by atoms with E-state index in [-0.39, 0.29) is 0 Å². The highest BCUT2D eigenvalue weighted by atomic mass is 35.5. The van der Waals surface area contributed by atoms with E-state index in [1.165, 1.54) is 0 Å². The maximum Gasteiger partial charge on any atom is 0.141 e. The number of rotatable bonds is 2. The van der Waals surface area contributed by atoms with Gasteiger partial charge in [0.2, 0.25) is 0 Å². The van der Waals surface area contributed by atoms with Crippen molar-refractivity contribution in [1.82, 2.24) is 4.98 Å². The van der Waals surface area contributed by atoms with Crippen LogP contribution in [0.15, 0.2) is 47.6 Å². The predicted molar refractivity (Wildman–Crippen MR) is 78.6 cm³/mol. The van der Waals surface area contributed by atoms with Crippen LogP contribution in [0.5, 0.6) is 0 Å². The third kappa shape index (κ3) is 1.86. The summed E-state index contributed by atoms with van der Waals surface area (Å²) in [7, 11) is 0. The summed E-state index contributed by atoms with van der Waals surface area (Å²) >= 11 is 5.95. The molecule has 0 aliphatic carbocycles. The molecule has 0 aliphatic heterocycles. The molecule has 0 saturated heterocycles. The molecule has 0 unspecified atom stereocenters. The Hall–Kier alpha value is -2.33. The Labute approximate surface area is 114 Å². The van der Waals surface area contributed by atoms with Gasteiger partial charge in [-0.1, -0.05) is 29.8 Å². The van der Waals surface area contributed by atoms with Crippen molar-refractivity contribution < 1.29 is 0 Å². The van der Waals surface area contributed by atoms with E-state index < -0.39 is 0 Å². The fourth-order valence-corrected chi connectivity index (χ4v) is 2.34. The summed E-state index contributed by atoms with van der Waals surface area (Å²) in [5.41, 5.74) is 9.03. The zero-order valence-electron chi connectivity index (χ0n) is 9.85. The minimum Gasteiger partial charge on any atom is -0.398 e. The molecule has 0 bridgehead atoms. The van der Waals surface area contributed by atoms with Crippen molar-refractivity contribution in [3.8, 4) is 11.3 Å². The number of para-hydroxylation sites is 1. The summed E-state index contributed by atoms with van der Waals surface area (Å²) in [5.74, 6) is 0. The quantitative estimate of drug-likeness (QED) is 0.533. The highest BCUT2D eigenvalue weighted by molar-refractivity contribution is 6.31. The summed E-state index contributed by atoms with van der Waals surface area (Å²) in [6, 6.07) is 12.6. The number of aromatic nitrogens is 1. The van der Waals surface area contributed by atoms with Gasteiger partial charge in [-0.05, 0) is 29.4 Å². The second kappa shape index (κ2) is 4.40. The maximum atomic E-state index is 11.1. The SMILES string of the molecule is Nc1ccccc1-c1[nH]c2ccc(Cl)cc2c1N=O. The number of nitrogen functional groups attached to an aromatic ring is 1. The molecule has 94 valence electrons. The number of nitroso groups, excluding NO2 is 1. The molecular weight excluding hydrogens is 262 g/mol. The largest absolute Gasteiger partial charge is 0.398 e. The Balaban J connectivity index is 2.36. The van der Waals surface area contributed by atoms with Gasteiger partial charge in [0.05, 0.1) is 5.69 Å². The lowest BCUT2D eigenvalue weighted by Crippen LogP contribution is -1.89. The molecule has 3 N–H and O–H groups in total. The number of nitrogens with two attached hydrogens (primary N) is 1. The summed E-state index contributed by atoms with van der Waals surface area (Å²) in [6.07, 6.45) is 0. The molecule has 3 aromatic rings. The third-order valence-corrected chi connectivity index (χ3v) is 3.29. The van der Waals surface area contributed by atoms with Gasteiger partial charge in [-0.2, -0.15) is 0 Å². The van der Waals surface area contributed by atoms with Crippen molar-refractivity contribution in [2.75, 3.05) is 5.73 Å². The fraction of sp³-hybridized carbons (Fsp3) is 0. The van der Waals surface area contributed by atoms with Crippen LogP contribution >= 0.6 is 11.6 Å². The van der Waals surface area contributed by atoms with E-state index >= 15 is 0 Å². The molecule has 0 saturated carbocycles. The van der Waals surface area contributed by atoms with Gasteiger partial charge in [0, 0.05) is 27.2 Å². The van der Waals surface area contributed by atoms with Crippen molar-refractivity contribution >= 4 is 33.9 Å². The molecule has 19 heavy (non-hydrogen) atoms. The van der Waals surface area contributed by atoms with E-state index in [0.29, 0.717) is 27.5 Å². The minimum atomic E-state index is 0.329. The number of anilines is 1. The van der Waals surface area contributed by atoms with Crippen molar-refractivity contribution in [1.29, 1.82) is 0 Å². The molecular formula is C14H10ClN3O. The van der Waals surface area contributed by atoms with Gasteiger partial charge in [0.15, 0.2) is 0 Å². The van der Waals surface area contributed by atoms with E-state index in [4.69, 9.17) is 17.3 Å².